The number of aliphatic hydroxyl groups excluding tert-OH is 7. The average Bonchev–Trinajstić information content (AvgIpc) is 1.67. The highest BCUT2D eigenvalue weighted by Gasteiger charge is 2.63. The van der Waals surface area contributed by atoms with Crippen LogP contribution in [-0.2, 0) is 59.0 Å². The van der Waals surface area contributed by atoms with Gasteiger partial charge in [0.25, 0.3) is 0 Å². The number of likely N-dealkylation sites (N-methyl/N-ethyl adjacent to an activating group) is 1. The van der Waals surface area contributed by atoms with Crippen molar-refractivity contribution in [2.45, 2.75) is 220 Å². The summed E-state index contributed by atoms with van der Waals surface area (Å²) >= 11 is 15.5. The topological polar surface area (TPSA) is 574 Å². The predicted molar refractivity (Wildman–Crippen MR) is 513 cm³/mol. The zero-order valence-electron chi connectivity index (χ0n) is 79.2. The third-order valence-corrected chi connectivity index (χ3v) is 31.6. The van der Waals surface area contributed by atoms with Crippen molar-refractivity contribution in [1.29, 1.82) is 0 Å². The number of carboxylic acids is 1. The molecule has 11 heterocycles. The Hall–Kier alpha value is -11.6. The number of amides is 8. The zero-order chi connectivity index (χ0) is 102. The Labute approximate surface area is 834 Å². The minimum atomic E-state index is -3.22. The molecule has 44 heteroatoms. The lowest BCUT2D eigenvalue weighted by Gasteiger charge is -2.43. The van der Waals surface area contributed by atoms with Gasteiger partial charge in [0, 0.05) is 87.5 Å². The number of fused-ring (bicyclic) bond motifs is 14. The number of ether oxygens (including phenoxy) is 7. The maximum atomic E-state index is 17.4. The molecule has 7 aromatic rings. The molecule has 19 N–H and O–H groups in total. The maximum Gasteiger partial charge on any atom is 0.417 e. The Morgan fingerprint density at radius 1 is 0.559 bits per heavy atom. The Bertz CT molecular complexity index is 5840. The van der Waals surface area contributed by atoms with E-state index < -0.39 is 256 Å². The van der Waals surface area contributed by atoms with Gasteiger partial charge in [-0.2, -0.15) is 0 Å². The van der Waals surface area contributed by atoms with E-state index in [0.717, 1.165) is 119 Å². The number of aromatic hydroxyl groups is 3. The first-order valence-electron chi connectivity index (χ1n) is 48.1. The molecule has 18 atom stereocenters. The first kappa shape index (κ1) is 104. The summed E-state index contributed by atoms with van der Waals surface area (Å²) in [6.45, 7) is 7.25. The molecular formula is C99H120Cl2N13O28P. The van der Waals surface area contributed by atoms with Crippen LogP contribution >= 0.6 is 31.1 Å². The molecule has 0 unspecified atom stereocenters. The van der Waals surface area contributed by atoms with Crippen molar-refractivity contribution in [2.75, 3.05) is 80.1 Å². The Balaban J connectivity index is 0.935. The number of phenolic OH excluding ortho intramolecular Hbond substituents is 3. The first-order valence-corrected chi connectivity index (χ1v) is 50.5. The molecule has 0 aliphatic carbocycles. The van der Waals surface area contributed by atoms with Crippen molar-refractivity contribution in [3.63, 3.8) is 0 Å². The zero-order valence-corrected chi connectivity index (χ0v) is 81.6. The number of benzene rings is 7. The number of aliphatic hydroxyl groups is 7. The molecule has 17 bridgehead atoms. The molecule has 11 aliphatic rings. The van der Waals surface area contributed by atoms with Crippen LogP contribution in [0.15, 0.2) is 115 Å². The Kier molecular flexibility index (Phi) is 33.1. The van der Waals surface area contributed by atoms with Crippen molar-refractivity contribution in [2.24, 2.45) is 5.92 Å². The fourth-order valence-electron chi connectivity index (χ4n) is 19.5. The second-order valence-electron chi connectivity index (χ2n) is 37.9. The minimum absolute atomic E-state index is 0.0820. The SMILES string of the molecule is CN[C@@H]1C(=O)N[C@@H]2Cc3ccc(cc3)Oc3cc4cc(c3O[C@@H]3O[C@H](C(=O)[O-])[C@@H](O)[C@H](O)[C@H]3NC(=O)CCCCCCCC(C)C)Oc3ccc(cc3Cl)[C@@H](O)[C@@H]3NC(=O)[C@H](NC(=O)[C@@H]4NC(=O)[C@@H](NC2=O)c2cc(cc(O[P+](N4CCCC4)(N4CCCC4)N4CCCC4)c2Cl)Oc2cc1ccc2O)c1ccc(O)c(c1)-c1c(O[C@H]2O[C@H](CO)[C@@H](O)[C@H](O)[C@@H]2O)cc(O)cc1[C@@H](C(=O)NCCCN(C)C)NC3=O. The molecule has 18 rings (SSSR count). The lowest BCUT2D eigenvalue weighted by molar-refractivity contribution is -0.336. The summed E-state index contributed by atoms with van der Waals surface area (Å²) in [5, 5.41) is 155. The summed E-state index contributed by atoms with van der Waals surface area (Å²) in [6.07, 6.45) is -12.3. The number of nitrogens with one attached hydrogen (secondary N) is 9. The number of carbonyl (C=O) groups excluding carboxylic acids is 9. The molecule has 768 valence electrons. The highest BCUT2D eigenvalue weighted by Crippen LogP contribution is 2.71. The summed E-state index contributed by atoms with van der Waals surface area (Å²) < 4.78 is 60.4. The second kappa shape index (κ2) is 45.4. The molecular weight excluding hydrogens is 1920 g/mol. The van der Waals surface area contributed by atoms with Crippen molar-refractivity contribution in [1.82, 2.24) is 66.8 Å². The van der Waals surface area contributed by atoms with Crippen LogP contribution in [0.3, 0.4) is 0 Å². The van der Waals surface area contributed by atoms with E-state index in [4.69, 9.17) is 60.9 Å². The van der Waals surface area contributed by atoms with Gasteiger partial charge in [-0.15, -0.1) is 14.0 Å². The van der Waals surface area contributed by atoms with Gasteiger partial charge in [0.15, 0.2) is 23.0 Å². The number of aliphatic carboxylic acids is 1. The van der Waals surface area contributed by atoms with Gasteiger partial charge in [0.05, 0.1) is 22.6 Å². The van der Waals surface area contributed by atoms with E-state index in [9.17, 15) is 65.8 Å². The fourth-order valence-corrected chi connectivity index (χ4v) is 24.3. The number of carbonyl (C=O) groups is 9. The summed E-state index contributed by atoms with van der Waals surface area (Å²) in [7, 11) is 1.81. The second-order valence-corrected chi connectivity index (χ2v) is 41.6. The van der Waals surface area contributed by atoms with E-state index in [-0.39, 0.29) is 70.5 Å². The molecule has 7 aromatic carbocycles. The van der Waals surface area contributed by atoms with Gasteiger partial charge in [-0.1, -0.05) is 99.5 Å². The first-order chi connectivity index (χ1) is 68.6. The number of rotatable bonds is 26. The standard InChI is InChI=1S/C99H120Cl2N13O28P/c1-49(2)18-9-7-6-8-10-19-72(119)105-81-84(122)86(124)89(97(133)134)141-98(81)140-88-69-42-54-43-70(88)137-65-29-24-53(40-61(65)100)82(120)80-96(132)109-78(91(127)103-30-17-31-111(4)5)59-44-55(116)45-67(138-99-87(125)85(123)83(121)71(48-115)139-99)73(59)58-39-51(22-27-63(58)117)76(93(129)110-80)106-94(130)77(54)107-95(131)79-60-46-57(47-68(74(60)101)142-143(112-32-11-12-33-112,113-34-13-14-35-113)114-36-15-16-37-114)136-66-41-52(23-28-64(66)118)75(102-3)92(128)104-62(90(126)108-79)38-50-20-25-56(135-69)26-21-50/h20-29,39-47,49,62,71,75-87,89,98-99,102,115,120-125H,6-19,30-38,48H2,1-5H3,(H11-,103,104,105,106,107,108,109,110,116,117,118,119,126,127,128,129,130,131,132,133,134)/t62-,71-,75+,76-,77-,78+,79+,80+,81-,82-,83-,84-,85+,86+,87+,89+,98-,99+/m1/s1. The van der Waals surface area contributed by atoms with Crippen molar-refractivity contribution < 1.29 is 137 Å². The van der Waals surface area contributed by atoms with Gasteiger partial charge in [0.2, 0.25) is 71.3 Å². The maximum absolute atomic E-state index is 17.4. The molecule has 0 saturated carbocycles. The van der Waals surface area contributed by atoms with Gasteiger partial charge >= 0.3 is 7.94 Å². The number of phenols is 3. The summed E-state index contributed by atoms with van der Waals surface area (Å²) in [6, 6.07) is 7.22. The molecule has 0 radical (unpaired) electrons. The molecule has 41 nitrogen and oxygen atoms in total. The van der Waals surface area contributed by atoms with Crippen molar-refractivity contribution >= 4 is 84.4 Å². The molecule has 143 heavy (non-hydrogen) atoms. The average molecular weight is 2040 g/mol. The minimum Gasteiger partial charge on any atom is -0.547 e. The Morgan fingerprint density at radius 2 is 1.17 bits per heavy atom. The van der Waals surface area contributed by atoms with E-state index >= 15 is 33.6 Å². The molecule has 5 fully saturated rings. The smallest absolute Gasteiger partial charge is 0.417 e. The number of hydrogen-bond acceptors (Lipinski definition) is 33. The van der Waals surface area contributed by atoms with Crippen LogP contribution in [0.2, 0.25) is 10.0 Å². The summed E-state index contributed by atoms with van der Waals surface area (Å²) in [4.78, 5) is 144. The number of nitrogens with zero attached hydrogens (tertiary/aromatic N) is 4. The van der Waals surface area contributed by atoms with Gasteiger partial charge in [0.1, 0.15) is 132 Å². The Morgan fingerprint density at radius 3 is 1.83 bits per heavy atom. The normalized spacial score (nSPS) is 26.6. The van der Waals surface area contributed by atoms with Gasteiger partial charge in [-0.25, -0.2) is 0 Å². The van der Waals surface area contributed by atoms with Crippen LogP contribution in [0.5, 0.6) is 69.0 Å². The molecule has 5 saturated heterocycles. The molecule has 0 aromatic heterocycles. The van der Waals surface area contributed by atoms with Crippen LogP contribution in [-0.4, -0.2) is 277 Å². The monoisotopic (exact) mass is 2040 g/mol. The summed E-state index contributed by atoms with van der Waals surface area (Å²) in [5.41, 5.74) is -2.30. The largest absolute Gasteiger partial charge is 0.547 e. The van der Waals surface area contributed by atoms with E-state index in [0.29, 0.717) is 70.1 Å². The highest BCUT2D eigenvalue weighted by molar-refractivity contribution is 7.64. The van der Waals surface area contributed by atoms with Crippen LogP contribution < -0.4 is 81.2 Å². The van der Waals surface area contributed by atoms with Crippen LogP contribution in [0.4, 0.5) is 0 Å². The number of unbranched alkanes of at least 4 members (excludes halogenated alkanes) is 4. The quantitative estimate of drug-likeness (QED) is 0.0248. The van der Waals surface area contributed by atoms with Crippen molar-refractivity contribution in [3.05, 3.63) is 164 Å². The molecule has 11 aliphatic heterocycles. The highest BCUT2D eigenvalue weighted by atomic mass is 35.5. The van der Waals surface area contributed by atoms with E-state index in [1.807, 2.05) is 4.90 Å². The fraction of sp³-hybridized carbons (Fsp3) is 0.485. The lowest BCUT2D eigenvalue weighted by Crippen LogP contribution is -2.67. The van der Waals surface area contributed by atoms with Gasteiger partial charge < -0.3 is 147 Å². The van der Waals surface area contributed by atoms with Crippen molar-refractivity contribution in [3.8, 4) is 80.1 Å². The number of halogens is 2. The van der Waals surface area contributed by atoms with E-state index in [1.165, 1.54) is 67.7 Å². The van der Waals surface area contributed by atoms with Crippen LogP contribution in [0, 0.1) is 5.92 Å². The van der Waals surface area contributed by atoms with Crippen LogP contribution in [0.1, 0.15) is 179 Å². The van der Waals surface area contributed by atoms with E-state index in [2.05, 4.69) is 75.7 Å². The number of carboxylic acid groups (broad SMARTS) is 1. The lowest BCUT2D eigenvalue weighted by atomic mass is 9.89. The third kappa shape index (κ3) is 22.9. The van der Waals surface area contributed by atoms with Crippen LogP contribution in [0.25, 0.3) is 11.1 Å². The van der Waals surface area contributed by atoms with Gasteiger partial charge in [-0.05, 0) is 191 Å². The predicted octanol–water partition coefficient (Wildman–Crippen LogP) is 5.08. The summed E-state index contributed by atoms with van der Waals surface area (Å²) in [5.74, 6) is -16.3. The van der Waals surface area contributed by atoms with Gasteiger partial charge in [-0.3, -0.25) is 42.9 Å². The van der Waals surface area contributed by atoms with E-state index in [1.54, 1.807) is 14.1 Å². The molecule has 8 amide bonds. The third-order valence-electron chi connectivity index (χ3n) is 27.0. The molecule has 0 spiro atoms. The number of hydrogen-bond donors (Lipinski definition) is 19.